The minimum absolute atomic E-state index is 0.467. The van der Waals surface area contributed by atoms with Crippen molar-refractivity contribution < 1.29 is 4.74 Å². The van der Waals surface area contributed by atoms with Gasteiger partial charge in [0.05, 0.1) is 11.6 Å². The minimum atomic E-state index is 0.467. The Morgan fingerprint density at radius 2 is 1.72 bits per heavy atom. The van der Waals surface area contributed by atoms with Crippen LogP contribution >= 0.6 is 46.6 Å². The second kappa shape index (κ2) is 8.19. The van der Waals surface area contributed by atoms with Gasteiger partial charge in [-0.15, -0.1) is 10.2 Å². The predicted molar refractivity (Wildman–Crippen MR) is 103 cm³/mol. The van der Waals surface area contributed by atoms with Gasteiger partial charge in [0.15, 0.2) is 5.82 Å². The van der Waals surface area contributed by atoms with Crippen molar-refractivity contribution in [1.82, 2.24) is 14.9 Å². The molecule has 2 aromatic carbocycles. The minimum Gasteiger partial charge on any atom is -0.493 e. The van der Waals surface area contributed by atoms with Crippen molar-refractivity contribution in [3.8, 4) is 17.1 Å². The Balaban J connectivity index is 1.60. The molecule has 0 unspecified atom stereocenters. The molecule has 3 aromatic rings. The highest BCUT2D eigenvalue weighted by Gasteiger charge is 2.15. The molecule has 0 radical (unpaired) electrons. The average molecular weight is 416 g/mol. The number of nitrogens with zero attached hydrogens (tertiary/aromatic N) is 3. The van der Waals surface area contributed by atoms with E-state index in [1.807, 2.05) is 12.1 Å². The van der Waals surface area contributed by atoms with Gasteiger partial charge in [-0.05, 0) is 42.5 Å². The van der Waals surface area contributed by atoms with Crippen LogP contribution in [-0.4, -0.2) is 27.2 Å². The van der Waals surface area contributed by atoms with Gasteiger partial charge in [-0.3, -0.25) is 0 Å². The molecule has 0 saturated heterocycles. The maximum atomic E-state index is 6.19. The van der Waals surface area contributed by atoms with Crippen molar-refractivity contribution in [2.75, 3.05) is 18.2 Å². The van der Waals surface area contributed by atoms with E-state index < -0.39 is 0 Å². The molecule has 0 spiro atoms. The summed E-state index contributed by atoms with van der Waals surface area (Å²) in [6.45, 7) is 0.496. The standard InChI is InChI=1S/C16H13Cl3N4OS/c17-10-1-4-12(5-2-10)24-7-8-25-16-22-21-15(23(16)20)13-6-3-11(18)9-14(13)19/h1-6,9H,7-8,20H2. The van der Waals surface area contributed by atoms with E-state index >= 15 is 0 Å². The van der Waals surface area contributed by atoms with Gasteiger partial charge in [-0.2, -0.15) is 0 Å². The number of ether oxygens (including phenoxy) is 1. The van der Waals surface area contributed by atoms with Crippen molar-refractivity contribution >= 4 is 46.6 Å². The largest absolute Gasteiger partial charge is 0.493 e. The number of hydrogen-bond acceptors (Lipinski definition) is 5. The van der Waals surface area contributed by atoms with Crippen LogP contribution in [0.5, 0.6) is 5.75 Å². The van der Waals surface area contributed by atoms with E-state index in [4.69, 9.17) is 45.4 Å². The lowest BCUT2D eigenvalue weighted by atomic mass is 10.2. The number of nitrogens with two attached hydrogens (primary N) is 1. The SMILES string of the molecule is Nn1c(SCCOc2ccc(Cl)cc2)nnc1-c1ccc(Cl)cc1Cl. The van der Waals surface area contributed by atoms with E-state index in [1.165, 1.54) is 16.4 Å². The number of benzene rings is 2. The van der Waals surface area contributed by atoms with Gasteiger partial charge in [-0.1, -0.05) is 46.6 Å². The Kier molecular flexibility index (Phi) is 5.96. The van der Waals surface area contributed by atoms with E-state index in [1.54, 1.807) is 30.3 Å². The fourth-order valence-corrected chi connectivity index (χ4v) is 3.35. The molecule has 0 saturated carbocycles. The molecule has 0 aliphatic rings. The molecule has 9 heteroatoms. The third-order valence-corrected chi connectivity index (χ3v) is 4.94. The van der Waals surface area contributed by atoms with Crippen LogP contribution in [0.1, 0.15) is 0 Å². The Morgan fingerprint density at radius 1 is 1.00 bits per heavy atom. The normalized spacial score (nSPS) is 10.8. The van der Waals surface area contributed by atoms with Crippen LogP contribution in [0.2, 0.25) is 15.1 Å². The van der Waals surface area contributed by atoms with Gasteiger partial charge in [0, 0.05) is 21.4 Å². The van der Waals surface area contributed by atoms with Crippen LogP contribution in [0.25, 0.3) is 11.4 Å². The van der Waals surface area contributed by atoms with E-state index in [9.17, 15) is 0 Å². The number of hydrogen-bond donors (Lipinski definition) is 1. The molecular formula is C16H13Cl3N4OS. The molecule has 0 aliphatic heterocycles. The highest BCUT2D eigenvalue weighted by molar-refractivity contribution is 7.99. The first-order chi connectivity index (χ1) is 12.0. The molecule has 25 heavy (non-hydrogen) atoms. The first-order valence-electron chi connectivity index (χ1n) is 7.21. The molecule has 1 aromatic heterocycles. The summed E-state index contributed by atoms with van der Waals surface area (Å²) in [7, 11) is 0. The third-order valence-electron chi connectivity index (χ3n) is 3.23. The summed E-state index contributed by atoms with van der Waals surface area (Å²) >= 11 is 19.4. The molecule has 0 amide bonds. The van der Waals surface area contributed by atoms with Crippen molar-refractivity contribution in [2.45, 2.75) is 5.16 Å². The molecule has 0 bridgehead atoms. The summed E-state index contributed by atoms with van der Waals surface area (Å²) < 4.78 is 7.04. The summed E-state index contributed by atoms with van der Waals surface area (Å²) in [5.74, 6) is 7.97. The Labute approximate surface area is 164 Å². The lowest BCUT2D eigenvalue weighted by Gasteiger charge is -2.07. The number of rotatable bonds is 6. The summed E-state index contributed by atoms with van der Waals surface area (Å²) in [6.07, 6.45) is 0. The zero-order chi connectivity index (χ0) is 17.8. The topological polar surface area (TPSA) is 66.0 Å². The van der Waals surface area contributed by atoms with Gasteiger partial charge in [0.1, 0.15) is 5.75 Å². The van der Waals surface area contributed by atoms with Crippen LogP contribution < -0.4 is 10.6 Å². The van der Waals surface area contributed by atoms with Gasteiger partial charge in [0.2, 0.25) is 5.16 Å². The second-order valence-corrected chi connectivity index (χ2v) is 7.29. The lowest BCUT2D eigenvalue weighted by molar-refractivity contribution is 0.344. The van der Waals surface area contributed by atoms with E-state index in [0.717, 1.165) is 5.75 Å². The van der Waals surface area contributed by atoms with Gasteiger partial charge in [0.25, 0.3) is 0 Å². The van der Waals surface area contributed by atoms with Crippen LogP contribution in [0, 0.1) is 0 Å². The monoisotopic (exact) mass is 414 g/mol. The summed E-state index contributed by atoms with van der Waals surface area (Å²) in [6, 6.07) is 12.3. The van der Waals surface area contributed by atoms with Crippen LogP contribution in [-0.2, 0) is 0 Å². The van der Waals surface area contributed by atoms with Gasteiger partial charge in [-0.25, -0.2) is 4.68 Å². The van der Waals surface area contributed by atoms with Gasteiger partial charge < -0.3 is 10.6 Å². The highest BCUT2D eigenvalue weighted by atomic mass is 35.5. The van der Waals surface area contributed by atoms with Crippen molar-refractivity contribution in [3.63, 3.8) is 0 Å². The third kappa shape index (κ3) is 4.52. The maximum absolute atomic E-state index is 6.19. The zero-order valence-corrected chi connectivity index (χ0v) is 15.9. The van der Waals surface area contributed by atoms with Crippen LogP contribution in [0.4, 0.5) is 0 Å². The van der Waals surface area contributed by atoms with E-state index in [2.05, 4.69) is 10.2 Å². The lowest BCUT2D eigenvalue weighted by Crippen LogP contribution is -2.12. The average Bonchev–Trinajstić information content (AvgIpc) is 2.94. The van der Waals surface area contributed by atoms with Crippen molar-refractivity contribution in [3.05, 3.63) is 57.5 Å². The Morgan fingerprint density at radius 3 is 2.44 bits per heavy atom. The molecule has 0 aliphatic carbocycles. The number of aromatic nitrogens is 3. The first-order valence-corrected chi connectivity index (χ1v) is 9.33. The Bertz CT molecular complexity index is 870. The molecular weight excluding hydrogens is 403 g/mol. The highest BCUT2D eigenvalue weighted by Crippen LogP contribution is 2.30. The summed E-state index contributed by atoms with van der Waals surface area (Å²) in [4.78, 5) is 0. The zero-order valence-electron chi connectivity index (χ0n) is 12.8. The fourth-order valence-electron chi connectivity index (χ4n) is 2.05. The van der Waals surface area contributed by atoms with Crippen LogP contribution in [0.15, 0.2) is 47.6 Å². The predicted octanol–water partition coefficient (Wildman–Crippen LogP) is 4.79. The Hall–Kier alpha value is -1.60. The molecule has 1 heterocycles. The summed E-state index contributed by atoms with van der Waals surface area (Å²) in [5.41, 5.74) is 0.672. The van der Waals surface area contributed by atoms with Crippen molar-refractivity contribution in [1.29, 1.82) is 0 Å². The molecule has 130 valence electrons. The summed E-state index contributed by atoms with van der Waals surface area (Å²) in [5, 5.41) is 10.5. The number of nitrogen functional groups attached to an aromatic ring is 1. The van der Waals surface area contributed by atoms with E-state index in [0.29, 0.717) is 44.0 Å². The fraction of sp³-hybridized carbons (Fsp3) is 0.125. The smallest absolute Gasteiger partial charge is 0.210 e. The molecule has 5 nitrogen and oxygen atoms in total. The number of thioether (sulfide) groups is 1. The maximum Gasteiger partial charge on any atom is 0.210 e. The van der Waals surface area contributed by atoms with Crippen molar-refractivity contribution in [2.24, 2.45) is 0 Å². The van der Waals surface area contributed by atoms with Gasteiger partial charge >= 0.3 is 0 Å². The molecule has 0 fully saturated rings. The molecule has 0 atom stereocenters. The molecule has 3 rings (SSSR count). The first kappa shape index (κ1) is 18.2. The quantitative estimate of drug-likeness (QED) is 0.356. The molecule has 2 N–H and O–H groups in total. The second-order valence-electron chi connectivity index (χ2n) is 4.95. The van der Waals surface area contributed by atoms with E-state index in [-0.39, 0.29) is 0 Å². The number of halogens is 3. The van der Waals surface area contributed by atoms with Crippen LogP contribution in [0.3, 0.4) is 0 Å².